The summed E-state index contributed by atoms with van der Waals surface area (Å²) in [6, 6.07) is 0. The third kappa shape index (κ3) is 5.20. The molecule has 2 rings (SSSR count). The van der Waals surface area contributed by atoms with Crippen molar-refractivity contribution >= 4 is 41.3 Å². The molecule has 0 aromatic carbocycles. The van der Waals surface area contributed by atoms with Crippen molar-refractivity contribution in [2.45, 2.75) is 26.3 Å². The average Bonchev–Trinajstić information content (AvgIpc) is 3.02. The van der Waals surface area contributed by atoms with Crippen LogP contribution in [0.1, 0.15) is 22.7 Å². The number of nitrogens with one attached hydrogen (secondary N) is 2. The quantitative estimate of drug-likeness (QED) is 0.488. The second kappa shape index (κ2) is 7.15. The minimum atomic E-state index is 0. The highest BCUT2D eigenvalue weighted by molar-refractivity contribution is 14.0. The normalized spacial score (nSPS) is 15.3. The molecule has 1 aromatic heterocycles. The number of nitrogens with zero attached hydrogens (tertiary/aromatic N) is 2. The summed E-state index contributed by atoms with van der Waals surface area (Å²) < 4.78 is 0. The zero-order chi connectivity index (χ0) is 11.4. The Hall–Kier alpha value is -0.370. The van der Waals surface area contributed by atoms with Crippen LogP contribution in [0.5, 0.6) is 0 Å². The zero-order valence-electron chi connectivity index (χ0n) is 10.2. The van der Waals surface area contributed by atoms with Crippen LogP contribution >= 0.6 is 35.3 Å². The summed E-state index contributed by atoms with van der Waals surface area (Å²) in [4.78, 5) is 9.73. The molecule has 1 aliphatic rings. The number of aliphatic imine (C=N–C) groups is 1. The lowest BCUT2D eigenvalue weighted by Crippen LogP contribution is -2.37. The molecule has 1 heterocycles. The first-order valence-corrected chi connectivity index (χ1v) is 6.45. The van der Waals surface area contributed by atoms with Crippen molar-refractivity contribution in [2.24, 2.45) is 10.9 Å². The number of halogens is 1. The summed E-state index contributed by atoms with van der Waals surface area (Å²) in [7, 11) is 1.80. The molecule has 1 fully saturated rings. The average molecular weight is 366 g/mol. The van der Waals surface area contributed by atoms with Gasteiger partial charge < -0.3 is 10.6 Å². The van der Waals surface area contributed by atoms with Crippen LogP contribution in [0.2, 0.25) is 0 Å². The lowest BCUT2D eigenvalue weighted by Gasteiger charge is -2.09. The van der Waals surface area contributed by atoms with Crippen LogP contribution < -0.4 is 10.6 Å². The Bertz CT molecular complexity index is 373. The van der Waals surface area contributed by atoms with E-state index in [1.54, 1.807) is 18.4 Å². The van der Waals surface area contributed by atoms with Gasteiger partial charge in [0.2, 0.25) is 0 Å². The van der Waals surface area contributed by atoms with Crippen LogP contribution in [0, 0.1) is 12.8 Å². The van der Waals surface area contributed by atoms with E-state index < -0.39 is 0 Å². The highest BCUT2D eigenvalue weighted by Crippen LogP contribution is 2.27. The number of thiazole rings is 1. The van der Waals surface area contributed by atoms with Gasteiger partial charge in [-0.2, -0.15) is 0 Å². The Balaban J connectivity index is 0.00000144. The molecular weight excluding hydrogens is 347 g/mol. The van der Waals surface area contributed by atoms with E-state index in [2.05, 4.69) is 27.5 Å². The largest absolute Gasteiger partial charge is 0.356 e. The van der Waals surface area contributed by atoms with Gasteiger partial charge in [0.05, 0.1) is 6.54 Å². The van der Waals surface area contributed by atoms with Gasteiger partial charge >= 0.3 is 0 Å². The van der Waals surface area contributed by atoms with Gasteiger partial charge in [-0.3, -0.25) is 4.99 Å². The molecule has 1 aliphatic carbocycles. The number of hydrogen-bond donors (Lipinski definition) is 2. The van der Waals surface area contributed by atoms with Crippen LogP contribution in [0.25, 0.3) is 0 Å². The predicted octanol–water partition coefficient (Wildman–Crippen LogP) is 2.14. The Morgan fingerprint density at radius 3 is 2.82 bits per heavy atom. The predicted molar refractivity (Wildman–Crippen MR) is 83.2 cm³/mol. The number of rotatable bonds is 4. The number of hydrogen-bond acceptors (Lipinski definition) is 3. The lowest BCUT2D eigenvalue weighted by molar-refractivity contribution is 0.736. The minimum Gasteiger partial charge on any atom is -0.356 e. The van der Waals surface area contributed by atoms with Gasteiger partial charge in [0, 0.05) is 24.7 Å². The molecule has 0 amide bonds. The van der Waals surface area contributed by atoms with E-state index in [9.17, 15) is 0 Å². The second-order valence-electron chi connectivity index (χ2n) is 4.11. The highest BCUT2D eigenvalue weighted by Gasteiger charge is 2.20. The fourth-order valence-corrected chi connectivity index (χ4v) is 2.15. The van der Waals surface area contributed by atoms with Gasteiger partial charge in [-0.25, -0.2) is 4.98 Å². The molecule has 0 aliphatic heterocycles. The van der Waals surface area contributed by atoms with Crippen LogP contribution in [0.15, 0.2) is 11.2 Å². The SMILES string of the molecule is CN=C(NCc1ncc(C)s1)NCC1CC1.I. The van der Waals surface area contributed by atoms with Crippen molar-refractivity contribution in [1.82, 2.24) is 15.6 Å². The number of aromatic nitrogens is 1. The van der Waals surface area contributed by atoms with Crippen LogP contribution in [0.4, 0.5) is 0 Å². The van der Waals surface area contributed by atoms with Crippen molar-refractivity contribution in [3.05, 3.63) is 16.1 Å². The van der Waals surface area contributed by atoms with E-state index in [4.69, 9.17) is 0 Å². The summed E-state index contributed by atoms with van der Waals surface area (Å²) in [5.74, 6) is 1.74. The molecule has 17 heavy (non-hydrogen) atoms. The van der Waals surface area contributed by atoms with Crippen LogP contribution in [-0.2, 0) is 6.54 Å². The maximum atomic E-state index is 4.30. The van der Waals surface area contributed by atoms with Crippen molar-refractivity contribution in [3.63, 3.8) is 0 Å². The molecule has 1 aromatic rings. The van der Waals surface area contributed by atoms with E-state index in [1.807, 2.05) is 6.20 Å². The Morgan fingerprint density at radius 1 is 1.53 bits per heavy atom. The smallest absolute Gasteiger partial charge is 0.191 e. The first-order valence-electron chi connectivity index (χ1n) is 5.63. The molecule has 0 spiro atoms. The fraction of sp³-hybridized carbons (Fsp3) is 0.636. The van der Waals surface area contributed by atoms with Gasteiger partial charge in [0.25, 0.3) is 0 Å². The monoisotopic (exact) mass is 366 g/mol. The third-order valence-corrected chi connectivity index (χ3v) is 3.47. The first kappa shape index (κ1) is 14.7. The molecule has 2 N–H and O–H groups in total. The fourth-order valence-electron chi connectivity index (χ4n) is 1.43. The number of guanidine groups is 1. The molecule has 4 nitrogen and oxygen atoms in total. The molecular formula is C11H19IN4S. The van der Waals surface area contributed by atoms with Crippen molar-refractivity contribution in [3.8, 4) is 0 Å². The van der Waals surface area contributed by atoms with Gasteiger partial charge in [-0.05, 0) is 25.7 Å². The summed E-state index contributed by atoms with van der Waals surface area (Å²) >= 11 is 1.72. The summed E-state index contributed by atoms with van der Waals surface area (Å²) in [5, 5.41) is 7.70. The zero-order valence-corrected chi connectivity index (χ0v) is 13.3. The summed E-state index contributed by atoms with van der Waals surface area (Å²) in [6.45, 7) is 3.86. The maximum Gasteiger partial charge on any atom is 0.191 e. The van der Waals surface area contributed by atoms with Crippen molar-refractivity contribution < 1.29 is 0 Å². The van der Waals surface area contributed by atoms with E-state index in [-0.39, 0.29) is 24.0 Å². The van der Waals surface area contributed by atoms with E-state index in [0.29, 0.717) is 0 Å². The van der Waals surface area contributed by atoms with Crippen LogP contribution in [0.3, 0.4) is 0 Å². The van der Waals surface area contributed by atoms with E-state index in [1.165, 1.54) is 17.7 Å². The minimum absolute atomic E-state index is 0. The van der Waals surface area contributed by atoms with E-state index >= 15 is 0 Å². The van der Waals surface area contributed by atoms with Gasteiger partial charge in [0.1, 0.15) is 5.01 Å². The Labute approximate surface area is 123 Å². The lowest BCUT2D eigenvalue weighted by atomic mass is 10.4. The molecule has 0 unspecified atom stereocenters. The number of aryl methyl sites for hydroxylation is 1. The van der Waals surface area contributed by atoms with Crippen LogP contribution in [-0.4, -0.2) is 24.5 Å². The van der Waals surface area contributed by atoms with Gasteiger partial charge in [-0.15, -0.1) is 35.3 Å². The molecule has 0 bridgehead atoms. The summed E-state index contributed by atoms with van der Waals surface area (Å²) in [5.41, 5.74) is 0. The van der Waals surface area contributed by atoms with Gasteiger partial charge in [0.15, 0.2) is 5.96 Å². The molecule has 0 atom stereocenters. The topological polar surface area (TPSA) is 49.3 Å². The molecule has 96 valence electrons. The van der Waals surface area contributed by atoms with Gasteiger partial charge in [-0.1, -0.05) is 0 Å². The standard InChI is InChI=1S/C11H18N4S.HI/c1-8-5-13-10(16-8)7-15-11(12-2)14-6-9-3-4-9;/h5,9H,3-4,6-7H2,1-2H3,(H2,12,14,15);1H. The van der Waals surface area contributed by atoms with Crippen molar-refractivity contribution in [1.29, 1.82) is 0 Å². The molecule has 0 saturated heterocycles. The Kier molecular flexibility index (Phi) is 6.18. The van der Waals surface area contributed by atoms with Crippen molar-refractivity contribution in [2.75, 3.05) is 13.6 Å². The molecule has 6 heteroatoms. The third-order valence-electron chi connectivity index (χ3n) is 2.55. The second-order valence-corrected chi connectivity index (χ2v) is 5.43. The first-order chi connectivity index (χ1) is 7.78. The summed E-state index contributed by atoms with van der Waals surface area (Å²) in [6.07, 6.45) is 4.62. The van der Waals surface area contributed by atoms with E-state index in [0.717, 1.165) is 30.0 Å². The highest BCUT2D eigenvalue weighted by atomic mass is 127. The Morgan fingerprint density at radius 2 is 2.29 bits per heavy atom. The molecule has 0 radical (unpaired) electrons. The molecule has 1 saturated carbocycles. The maximum absolute atomic E-state index is 4.30.